The SMILES string of the molecule is Cc1[nH]c2ccc(C(=O)N(C)CC(=O)N(C)C)cc2c1C. The van der Waals surface area contributed by atoms with E-state index < -0.39 is 0 Å². The molecule has 1 N–H and O–H groups in total. The van der Waals surface area contributed by atoms with Gasteiger partial charge in [0, 0.05) is 43.3 Å². The lowest BCUT2D eigenvalue weighted by molar-refractivity contribution is -0.129. The van der Waals surface area contributed by atoms with Crippen LogP contribution in [0, 0.1) is 13.8 Å². The second-order valence-electron chi connectivity index (χ2n) is 5.58. The predicted molar refractivity (Wildman–Crippen MR) is 83.4 cm³/mol. The first-order valence-corrected chi connectivity index (χ1v) is 6.85. The van der Waals surface area contributed by atoms with Crippen LogP contribution in [0.25, 0.3) is 10.9 Å². The normalized spacial score (nSPS) is 10.7. The van der Waals surface area contributed by atoms with Crippen molar-refractivity contribution in [3.63, 3.8) is 0 Å². The Bertz CT molecular complexity index is 701. The highest BCUT2D eigenvalue weighted by Crippen LogP contribution is 2.22. The van der Waals surface area contributed by atoms with Crippen LogP contribution in [0.4, 0.5) is 0 Å². The number of H-pyrrole nitrogens is 1. The lowest BCUT2D eigenvalue weighted by atomic mass is 10.1. The molecule has 0 unspecified atom stereocenters. The Morgan fingerprint density at radius 3 is 2.43 bits per heavy atom. The zero-order chi connectivity index (χ0) is 15.7. The standard InChI is InChI=1S/C16H21N3O2/c1-10-11(2)17-14-7-6-12(8-13(10)14)16(21)19(5)9-15(20)18(3)4/h6-8,17H,9H2,1-5H3. The van der Waals surface area contributed by atoms with Crippen LogP contribution in [0.2, 0.25) is 0 Å². The summed E-state index contributed by atoms with van der Waals surface area (Å²) >= 11 is 0. The highest BCUT2D eigenvalue weighted by molar-refractivity contribution is 6.00. The molecule has 21 heavy (non-hydrogen) atoms. The Hall–Kier alpha value is -2.30. The topological polar surface area (TPSA) is 56.4 Å². The molecule has 0 aliphatic heterocycles. The number of aryl methyl sites for hydroxylation is 2. The third-order valence-electron chi connectivity index (χ3n) is 3.77. The first-order chi connectivity index (χ1) is 9.81. The number of carbonyl (C=O) groups is 2. The fourth-order valence-electron chi connectivity index (χ4n) is 2.23. The van der Waals surface area contributed by atoms with Gasteiger partial charge in [-0.3, -0.25) is 9.59 Å². The van der Waals surface area contributed by atoms with E-state index in [0.717, 1.165) is 22.2 Å². The van der Waals surface area contributed by atoms with Gasteiger partial charge in [-0.15, -0.1) is 0 Å². The quantitative estimate of drug-likeness (QED) is 0.938. The van der Waals surface area contributed by atoms with Crippen LogP contribution in [-0.4, -0.2) is 54.3 Å². The van der Waals surface area contributed by atoms with Crippen molar-refractivity contribution >= 4 is 22.7 Å². The minimum absolute atomic E-state index is 0.0784. The van der Waals surface area contributed by atoms with Crippen LogP contribution in [-0.2, 0) is 4.79 Å². The fraction of sp³-hybridized carbons (Fsp3) is 0.375. The zero-order valence-electron chi connectivity index (χ0n) is 13.2. The van der Waals surface area contributed by atoms with Gasteiger partial charge in [0.05, 0.1) is 6.54 Å². The van der Waals surface area contributed by atoms with E-state index in [1.165, 1.54) is 9.80 Å². The number of hydrogen-bond donors (Lipinski definition) is 1. The van der Waals surface area contributed by atoms with Crippen molar-refractivity contribution in [2.24, 2.45) is 0 Å². The molecule has 0 bridgehead atoms. The second kappa shape index (κ2) is 5.60. The average Bonchev–Trinajstić information content (AvgIpc) is 2.72. The van der Waals surface area contributed by atoms with Crippen molar-refractivity contribution in [2.45, 2.75) is 13.8 Å². The maximum atomic E-state index is 12.4. The zero-order valence-corrected chi connectivity index (χ0v) is 13.2. The van der Waals surface area contributed by atoms with Gasteiger partial charge in [-0.25, -0.2) is 0 Å². The molecule has 0 aliphatic carbocycles. The van der Waals surface area contributed by atoms with Crippen molar-refractivity contribution in [1.29, 1.82) is 0 Å². The van der Waals surface area contributed by atoms with Crippen molar-refractivity contribution in [3.05, 3.63) is 35.0 Å². The summed E-state index contributed by atoms with van der Waals surface area (Å²) in [5, 5.41) is 1.05. The minimum atomic E-state index is -0.148. The average molecular weight is 287 g/mol. The summed E-state index contributed by atoms with van der Waals surface area (Å²) in [5.74, 6) is -0.244. The molecule has 5 heteroatoms. The van der Waals surface area contributed by atoms with Gasteiger partial charge in [-0.05, 0) is 37.6 Å². The molecule has 1 heterocycles. The summed E-state index contributed by atoms with van der Waals surface area (Å²) < 4.78 is 0. The Kier molecular flexibility index (Phi) is 4.02. The molecule has 0 fully saturated rings. The van der Waals surface area contributed by atoms with Gasteiger partial charge in [0.2, 0.25) is 5.91 Å². The van der Waals surface area contributed by atoms with E-state index in [4.69, 9.17) is 0 Å². The highest BCUT2D eigenvalue weighted by atomic mass is 16.2. The molecule has 1 aromatic carbocycles. The van der Waals surface area contributed by atoms with E-state index >= 15 is 0 Å². The molecule has 0 aliphatic rings. The highest BCUT2D eigenvalue weighted by Gasteiger charge is 2.17. The number of amides is 2. The molecule has 1 aromatic heterocycles. The van der Waals surface area contributed by atoms with E-state index in [0.29, 0.717) is 5.56 Å². The Balaban J connectivity index is 2.27. The smallest absolute Gasteiger partial charge is 0.254 e. The molecule has 2 rings (SSSR count). The summed E-state index contributed by atoms with van der Waals surface area (Å²) in [6, 6.07) is 5.58. The molecule has 0 saturated heterocycles. The third-order valence-corrected chi connectivity index (χ3v) is 3.77. The van der Waals surface area contributed by atoms with E-state index in [1.807, 2.05) is 26.0 Å². The van der Waals surface area contributed by atoms with Gasteiger partial charge in [0.15, 0.2) is 0 Å². The molecule has 2 amide bonds. The molecule has 2 aromatic rings. The fourth-order valence-corrected chi connectivity index (χ4v) is 2.23. The summed E-state index contributed by atoms with van der Waals surface area (Å²) in [4.78, 5) is 30.3. The lowest BCUT2D eigenvalue weighted by Crippen LogP contribution is -2.37. The van der Waals surface area contributed by atoms with Gasteiger partial charge >= 0.3 is 0 Å². The van der Waals surface area contributed by atoms with Crippen molar-refractivity contribution in [1.82, 2.24) is 14.8 Å². The molecule has 112 valence electrons. The second-order valence-corrected chi connectivity index (χ2v) is 5.58. The van der Waals surface area contributed by atoms with Gasteiger partial charge in [0.25, 0.3) is 5.91 Å². The Labute approximate surface area is 124 Å². The molecule has 0 atom stereocenters. The lowest BCUT2D eigenvalue weighted by Gasteiger charge is -2.19. The van der Waals surface area contributed by atoms with E-state index in [2.05, 4.69) is 4.98 Å². The third kappa shape index (κ3) is 2.91. The molecule has 0 saturated carbocycles. The number of rotatable bonds is 3. The van der Waals surface area contributed by atoms with Crippen LogP contribution in [0.3, 0.4) is 0 Å². The summed E-state index contributed by atoms with van der Waals surface area (Å²) in [5.41, 5.74) is 3.87. The number of nitrogens with one attached hydrogen (secondary N) is 1. The number of hydrogen-bond acceptors (Lipinski definition) is 2. The number of carbonyl (C=O) groups excluding carboxylic acids is 2. The number of fused-ring (bicyclic) bond motifs is 1. The number of aromatic nitrogens is 1. The van der Waals surface area contributed by atoms with Gasteiger partial charge < -0.3 is 14.8 Å². The maximum Gasteiger partial charge on any atom is 0.254 e. The van der Waals surface area contributed by atoms with E-state index in [9.17, 15) is 9.59 Å². The van der Waals surface area contributed by atoms with Crippen LogP contribution in [0.15, 0.2) is 18.2 Å². The van der Waals surface area contributed by atoms with Gasteiger partial charge in [0.1, 0.15) is 0 Å². The molecular formula is C16H21N3O2. The first kappa shape index (κ1) is 15.1. The van der Waals surface area contributed by atoms with Crippen molar-refractivity contribution < 1.29 is 9.59 Å². The van der Waals surface area contributed by atoms with E-state index in [1.54, 1.807) is 27.2 Å². The Morgan fingerprint density at radius 2 is 1.81 bits per heavy atom. The summed E-state index contributed by atoms with van der Waals surface area (Å²) in [6.45, 7) is 4.12. The van der Waals surface area contributed by atoms with Crippen molar-refractivity contribution in [3.8, 4) is 0 Å². The van der Waals surface area contributed by atoms with Gasteiger partial charge in [-0.1, -0.05) is 0 Å². The first-order valence-electron chi connectivity index (χ1n) is 6.85. The number of nitrogens with zero attached hydrogens (tertiary/aromatic N) is 2. The molecule has 0 radical (unpaired) electrons. The maximum absolute atomic E-state index is 12.4. The summed E-state index contributed by atoms with van der Waals surface area (Å²) in [6.07, 6.45) is 0. The largest absolute Gasteiger partial charge is 0.358 e. The number of likely N-dealkylation sites (N-methyl/N-ethyl adjacent to an activating group) is 2. The van der Waals surface area contributed by atoms with Gasteiger partial charge in [-0.2, -0.15) is 0 Å². The number of aromatic amines is 1. The minimum Gasteiger partial charge on any atom is -0.358 e. The van der Waals surface area contributed by atoms with Crippen LogP contribution < -0.4 is 0 Å². The van der Waals surface area contributed by atoms with Crippen LogP contribution in [0.5, 0.6) is 0 Å². The van der Waals surface area contributed by atoms with Crippen molar-refractivity contribution in [2.75, 3.05) is 27.7 Å². The van der Waals surface area contributed by atoms with E-state index in [-0.39, 0.29) is 18.4 Å². The molecule has 0 spiro atoms. The monoisotopic (exact) mass is 287 g/mol. The predicted octanol–water partition coefficient (Wildman–Crippen LogP) is 1.94. The molecular weight excluding hydrogens is 266 g/mol. The number of benzene rings is 1. The summed E-state index contributed by atoms with van der Waals surface area (Å²) in [7, 11) is 5.00. The Morgan fingerprint density at radius 1 is 1.14 bits per heavy atom. The van der Waals surface area contributed by atoms with Crippen LogP contribution >= 0.6 is 0 Å². The van der Waals surface area contributed by atoms with Crippen LogP contribution in [0.1, 0.15) is 21.6 Å². The molecule has 5 nitrogen and oxygen atoms in total.